The molecule has 2 aromatic carbocycles. The second-order valence-electron chi connectivity index (χ2n) is 9.88. The van der Waals surface area contributed by atoms with Gasteiger partial charge >= 0.3 is 0 Å². The first-order valence-corrected chi connectivity index (χ1v) is 14.0. The second-order valence-corrected chi connectivity index (χ2v) is 11.2. The molecule has 208 valence electrons. The molecule has 0 radical (unpaired) electrons. The van der Waals surface area contributed by atoms with E-state index in [9.17, 15) is 9.59 Å². The van der Waals surface area contributed by atoms with Crippen LogP contribution in [0.25, 0.3) is 5.69 Å². The molecule has 1 fully saturated rings. The number of rotatable bonds is 7. The van der Waals surface area contributed by atoms with Crippen molar-refractivity contribution in [2.75, 3.05) is 19.6 Å². The molecule has 3 heterocycles. The van der Waals surface area contributed by atoms with Crippen molar-refractivity contribution in [3.05, 3.63) is 91.9 Å². The SMILES string of the molecule is Cc1nn(-c2ccc(Cl)cc2Cl)c(C)c1CC(=O)N1CCN(Cc2cn([C@@H](C)c3ccc(Cl)cc3)nn2)C(=O)C1. The highest BCUT2D eigenvalue weighted by Crippen LogP contribution is 2.27. The quantitative estimate of drug-likeness (QED) is 0.296. The summed E-state index contributed by atoms with van der Waals surface area (Å²) in [5, 5.41) is 14.8. The zero-order valence-corrected chi connectivity index (χ0v) is 24.6. The Morgan fingerprint density at radius 1 is 1.02 bits per heavy atom. The summed E-state index contributed by atoms with van der Waals surface area (Å²) in [5.41, 5.74) is 4.80. The van der Waals surface area contributed by atoms with Crippen molar-refractivity contribution in [2.24, 2.45) is 0 Å². The minimum Gasteiger partial charge on any atom is -0.333 e. The highest BCUT2D eigenvalue weighted by Gasteiger charge is 2.29. The third kappa shape index (κ3) is 5.87. The maximum atomic E-state index is 13.2. The van der Waals surface area contributed by atoms with E-state index in [0.29, 0.717) is 46.1 Å². The Kier molecular flexibility index (Phi) is 8.16. The van der Waals surface area contributed by atoms with E-state index in [1.165, 1.54) is 0 Å². The number of carbonyl (C=O) groups is 2. The van der Waals surface area contributed by atoms with Gasteiger partial charge in [-0.2, -0.15) is 5.10 Å². The molecule has 0 aliphatic carbocycles. The summed E-state index contributed by atoms with van der Waals surface area (Å²) in [5.74, 6) is -0.249. The second kappa shape index (κ2) is 11.6. The molecule has 40 heavy (non-hydrogen) atoms. The van der Waals surface area contributed by atoms with E-state index in [4.69, 9.17) is 34.8 Å². The molecule has 0 bridgehead atoms. The van der Waals surface area contributed by atoms with Gasteiger partial charge in [0.15, 0.2) is 0 Å². The van der Waals surface area contributed by atoms with Crippen molar-refractivity contribution in [3.63, 3.8) is 0 Å². The maximum absolute atomic E-state index is 13.2. The molecule has 0 saturated carbocycles. The Morgan fingerprint density at radius 2 is 1.75 bits per heavy atom. The lowest BCUT2D eigenvalue weighted by atomic mass is 10.1. The third-order valence-corrected chi connectivity index (χ3v) is 8.03. The minimum atomic E-state index is -0.128. The molecule has 9 nitrogen and oxygen atoms in total. The fraction of sp³-hybridized carbons (Fsp3) is 0.321. The summed E-state index contributed by atoms with van der Waals surface area (Å²) < 4.78 is 3.49. The Morgan fingerprint density at radius 3 is 2.45 bits per heavy atom. The Balaban J connectivity index is 1.20. The van der Waals surface area contributed by atoms with Crippen LogP contribution in [0.2, 0.25) is 15.1 Å². The Labute approximate surface area is 247 Å². The van der Waals surface area contributed by atoms with Gasteiger partial charge in [-0.3, -0.25) is 9.59 Å². The number of piperazine rings is 1. The van der Waals surface area contributed by atoms with Crippen molar-refractivity contribution < 1.29 is 9.59 Å². The van der Waals surface area contributed by atoms with Gasteiger partial charge in [0, 0.05) is 34.4 Å². The van der Waals surface area contributed by atoms with E-state index >= 15 is 0 Å². The number of halogens is 3. The van der Waals surface area contributed by atoms with Crippen LogP contribution in [0, 0.1) is 13.8 Å². The molecule has 5 rings (SSSR count). The fourth-order valence-corrected chi connectivity index (χ4v) is 5.45. The van der Waals surface area contributed by atoms with Crippen molar-refractivity contribution in [1.29, 1.82) is 0 Å². The van der Waals surface area contributed by atoms with Gasteiger partial charge in [0.05, 0.1) is 48.2 Å². The molecular formula is C28H28Cl3N7O2. The fourth-order valence-electron chi connectivity index (χ4n) is 4.83. The molecular weight excluding hydrogens is 573 g/mol. The highest BCUT2D eigenvalue weighted by atomic mass is 35.5. The summed E-state index contributed by atoms with van der Waals surface area (Å²) in [6, 6.07) is 12.8. The third-order valence-electron chi connectivity index (χ3n) is 7.24. The summed E-state index contributed by atoms with van der Waals surface area (Å²) in [6.45, 7) is 6.99. The summed E-state index contributed by atoms with van der Waals surface area (Å²) >= 11 is 18.4. The number of nitrogens with zero attached hydrogens (tertiary/aromatic N) is 7. The molecule has 0 unspecified atom stereocenters. The number of aromatic nitrogens is 5. The first-order valence-electron chi connectivity index (χ1n) is 12.8. The van der Waals surface area contributed by atoms with Crippen LogP contribution in [0.5, 0.6) is 0 Å². The van der Waals surface area contributed by atoms with Crippen LogP contribution in [0.4, 0.5) is 0 Å². The van der Waals surface area contributed by atoms with E-state index in [2.05, 4.69) is 15.4 Å². The topological polar surface area (TPSA) is 89.2 Å². The zero-order valence-electron chi connectivity index (χ0n) is 22.3. The van der Waals surface area contributed by atoms with Crippen molar-refractivity contribution in [1.82, 2.24) is 34.6 Å². The van der Waals surface area contributed by atoms with Crippen LogP contribution in [-0.2, 0) is 22.6 Å². The van der Waals surface area contributed by atoms with Gasteiger partial charge in [-0.1, -0.05) is 52.1 Å². The molecule has 1 aliphatic rings. The van der Waals surface area contributed by atoms with Gasteiger partial charge in [-0.05, 0) is 56.7 Å². The van der Waals surface area contributed by atoms with Crippen molar-refractivity contribution in [2.45, 2.75) is 39.8 Å². The number of aryl methyl sites for hydroxylation is 1. The first kappa shape index (κ1) is 28.1. The highest BCUT2D eigenvalue weighted by molar-refractivity contribution is 6.35. The van der Waals surface area contributed by atoms with Gasteiger partial charge in [-0.25, -0.2) is 9.36 Å². The van der Waals surface area contributed by atoms with Crippen LogP contribution in [-0.4, -0.2) is 66.0 Å². The van der Waals surface area contributed by atoms with E-state index in [1.54, 1.807) is 37.4 Å². The van der Waals surface area contributed by atoms with Crippen LogP contribution >= 0.6 is 34.8 Å². The normalized spacial score (nSPS) is 14.6. The zero-order chi connectivity index (χ0) is 28.6. The van der Waals surface area contributed by atoms with E-state index in [1.807, 2.05) is 51.2 Å². The molecule has 4 aromatic rings. The molecule has 2 amide bonds. The lowest BCUT2D eigenvalue weighted by molar-refractivity contribution is -0.145. The lowest BCUT2D eigenvalue weighted by Crippen LogP contribution is -2.52. The van der Waals surface area contributed by atoms with Crippen molar-refractivity contribution in [3.8, 4) is 5.69 Å². The summed E-state index contributed by atoms with van der Waals surface area (Å²) in [7, 11) is 0. The van der Waals surface area contributed by atoms with Crippen LogP contribution < -0.4 is 0 Å². The predicted octanol–water partition coefficient (Wildman–Crippen LogP) is 5.06. The number of carbonyl (C=O) groups excluding carboxylic acids is 2. The van der Waals surface area contributed by atoms with Crippen LogP contribution in [0.1, 0.15) is 41.2 Å². The average Bonchev–Trinajstić information content (AvgIpc) is 3.50. The standard InChI is InChI=1S/C28H28Cl3N7O2/c1-17-24(19(3)38(33-17)26-9-8-22(30)12-25(26)31)13-27(39)36-11-10-35(28(40)16-36)14-23-15-37(34-32-23)18(2)20-4-6-21(29)7-5-20/h4-9,12,15,18H,10-11,13-14,16H2,1-3H3/t18-/m0/s1. The Bertz CT molecular complexity index is 1560. The molecule has 1 aliphatic heterocycles. The van der Waals surface area contributed by atoms with E-state index in [-0.39, 0.29) is 30.8 Å². The summed E-state index contributed by atoms with van der Waals surface area (Å²) in [6.07, 6.45) is 1.99. The molecule has 2 aromatic heterocycles. The van der Waals surface area contributed by atoms with Gasteiger partial charge in [0.2, 0.25) is 11.8 Å². The smallest absolute Gasteiger partial charge is 0.242 e. The molecule has 0 spiro atoms. The monoisotopic (exact) mass is 599 g/mol. The van der Waals surface area contributed by atoms with E-state index in [0.717, 1.165) is 22.5 Å². The number of hydrogen-bond acceptors (Lipinski definition) is 5. The predicted molar refractivity (Wildman–Crippen MR) is 154 cm³/mol. The Hall–Kier alpha value is -3.40. The lowest BCUT2D eigenvalue weighted by Gasteiger charge is -2.34. The average molecular weight is 601 g/mol. The van der Waals surface area contributed by atoms with Gasteiger partial charge in [0.25, 0.3) is 0 Å². The number of hydrogen-bond donors (Lipinski definition) is 0. The number of amides is 2. The van der Waals surface area contributed by atoms with E-state index < -0.39 is 0 Å². The van der Waals surface area contributed by atoms with Crippen molar-refractivity contribution >= 4 is 46.6 Å². The molecule has 1 atom stereocenters. The maximum Gasteiger partial charge on any atom is 0.242 e. The van der Waals surface area contributed by atoms with Crippen LogP contribution in [0.15, 0.2) is 48.7 Å². The van der Waals surface area contributed by atoms with Gasteiger partial charge in [0.1, 0.15) is 5.69 Å². The number of benzene rings is 2. The minimum absolute atomic E-state index is 0.0173. The van der Waals surface area contributed by atoms with Gasteiger partial charge in [-0.15, -0.1) is 5.10 Å². The first-order chi connectivity index (χ1) is 19.1. The largest absolute Gasteiger partial charge is 0.333 e. The molecule has 1 saturated heterocycles. The van der Waals surface area contributed by atoms with Gasteiger partial charge < -0.3 is 9.80 Å². The van der Waals surface area contributed by atoms with Crippen LogP contribution in [0.3, 0.4) is 0 Å². The summed E-state index contributed by atoms with van der Waals surface area (Å²) in [4.78, 5) is 29.5. The molecule has 0 N–H and O–H groups in total. The molecule has 12 heteroatoms.